The fourth-order valence-electron chi connectivity index (χ4n) is 3.42. The Morgan fingerprint density at radius 2 is 1.76 bits per heavy atom. The number of carbonyl (C=O) groups is 3. The van der Waals surface area contributed by atoms with Crippen molar-refractivity contribution in [2.75, 3.05) is 18.4 Å². The topological polar surface area (TPSA) is 136 Å². The van der Waals surface area contributed by atoms with Crippen LogP contribution in [0.2, 0.25) is 5.02 Å². The number of primary sulfonamides is 1. The van der Waals surface area contributed by atoms with Crippen molar-refractivity contribution in [1.29, 1.82) is 0 Å². The summed E-state index contributed by atoms with van der Waals surface area (Å²) < 4.78 is 27.9. The van der Waals surface area contributed by atoms with Gasteiger partial charge in [0.05, 0.1) is 10.8 Å². The number of sulfonamides is 1. The predicted molar refractivity (Wildman–Crippen MR) is 122 cm³/mol. The standard InChI is InChI=1S/C22H24ClN3O6S/c1-14(20(27)25-18-8-10-19(11-9-18)33(24,30)31)32-22(29)16-3-2-12-26(13-16)21(28)15-4-6-17(23)7-5-15/h4-11,14,16H,2-3,12-13H2,1H3,(H,25,27)(H2,24,30,31)/t14-,16-/m0/s1. The molecule has 3 rings (SSSR count). The average Bonchev–Trinajstić information content (AvgIpc) is 2.79. The number of anilines is 1. The maximum absolute atomic E-state index is 12.7. The molecule has 1 heterocycles. The lowest BCUT2D eigenvalue weighted by molar-refractivity contribution is -0.158. The first-order valence-electron chi connectivity index (χ1n) is 10.2. The number of piperidine rings is 1. The van der Waals surface area contributed by atoms with Crippen LogP contribution in [0.15, 0.2) is 53.4 Å². The molecule has 0 unspecified atom stereocenters. The number of ether oxygens (including phenoxy) is 1. The van der Waals surface area contributed by atoms with E-state index in [1.807, 2.05) is 0 Å². The zero-order chi connectivity index (χ0) is 24.2. The number of hydrogen-bond acceptors (Lipinski definition) is 6. The van der Waals surface area contributed by atoms with Crippen molar-refractivity contribution < 1.29 is 27.5 Å². The summed E-state index contributed by atoms with van der Waals surface area (Å²) >= 11 is 5.87. The molecule has 2 aromatic rings. The summed E-state index contributed by atoms with van der Waals surface area (Å²) in [4.78, 5) is 39.2. The maximum Gasteiger partial charge on any atom is 0.311 e. The second kappa shape index (κ2) is 10.3. The second-order valence-corrected chi connectivity index (χ2v) is 9.73. The highest BCUT2D eigenvalue weighted by atomic mass is 35.5. The van der Waals surface area contributed by atoms with E-state index in [1.54, 1.807) is 29.2 Å². The molecule has 2 amide bonds. The van der Waals surface area contributed by atoms with Crippen LogP contribution in [0, 0.1) is 5.92 Å². The lowest BCUT2D eigenvalue weighted by Gasteiger charge is -2.32. The minimum Gasteiger partial charge on any atom is -0.452 e. The molecule has 0 radical (unpaired) electrons. The van der Waals surface area contributed by atoms with E-state index in [2.05, 4.69) is 5.32 Å². The molecular formula is C22H24ClN3O6S. The van der Waals surface area contributed by atoms with Crippen molar-refractivity contribution in [2.45, 2.75) is 30.8 Å². The Morgan fingerprint density at radius 3 is 2.36 bits per heavy atom. The van der Waals surface area contributed by atoms with E-state index in [4.69, 9.17) is 21.5 Å². The summed E-state index contributed by atoms with van der Waals surface area (Å²) in [6.07, 6.45) is 0.0978. The van der Waals surface area contributed by atoms with E-state index in [9.17, 15) is 22.8 Å². The van der Waals surface area contributed by atoms with Gasteiger partial charge >= 0.3 is 5.97 Å². The number of nitrogens with zero attached hydrogens (tertiary/aromatic N) is 1. The smallest absolute Gasteiger partial charge is 0.311 e. The minimum absolute atomic E-state index is 0.0880. The van der Waals surface area contributed by atoms with Crippen molar-refractivity contribution in [3.63, 3.8) is 0 Å². The highest BCUT2D eigenvalue weighted by Gasteiger charge is 2.31. The Bertz CT molecular complexity index is 1140. The molecule has 0 aromatic heterocycles. The summed E-state index contributed by atoms with van der Waals surface area (Å²) in [5, 5.41) is 8.13. The molecule has 0 aliphatic carbocycles. The quantitative estimate of drug-likeness (QED) is 0.593. The largest absolute Gasteiger partial charge is 0.452 e. The number of halogens is 1. The molecule has 0 bridgehead atoms. The van der Waals surface area contributed by atoms with Crippen molar-refractivity contribution in [2.24, 2.45) is 11.1 Å². The molecule has 9 nitrogen and oxygen atoms in total. The Morgan fingerprint density at radius 1 is 1.12 bits per heavy atom. The maximum atomic E-state index is 12.7. The Kier molecular flexibility index (Phi) is 7.72. The summed E-state index contributed by atoms with van der Waals surface area (Å²) in [7, 11) is -3.84. The number of likely N-dealkylation sites (tertiary alicyclic amines) is 1. The van der Waals surface area contributed by atoms with Gasteiger partial charge < -0.3 is 15.0 Å². The molecule has 0 saturated carbocycles. The van der Waals surface area contributed by atoms with Gasteiger partial charge in [0.1, 0.15) is 0 Å². The summed E-state index contributed by atoms with van der Waals surface area (Å²) in [6.45, 7) is 2.16. The Balaban J connectivity index is 1.55. The molecule has 0 spiro atoms. The van der Waals surface area contributed by atoms with Crippen LogP contribution in [0.4, 0.5) is 5.69 Å². The molecular weight excluding hydrogens is 470 g/mol. The normalized spacial score (nSPS) is 17.2. The Hall–Kier alpha value is -2.95. The third kappa shape index (κ3) is 6.53. The molecule has 11 heteroatoms. The monoisotopic (exact) mass is 493 g/mol. The van der Waals surface area contributed by atoms with E-state index < -0.39 is 33.9 Å². The molecule has 1 aliphatic heterocycles. The van der Waals surface area contributed by atoms with Gasteiger partial charge in [0.25, 0.3) is 11.8 Å². The highest BCUT2D eigenvalue weighted by Crippen LogP contribution is 2.21. The number of benzene rings is 2. The molecule has 2 atom stereocenters. The number of amides is 2. The third-order valence-electron chi connectivity index (χ3n) is 5.25. The molecule has 33 heavy (non-hydrogen) atoms. The summed E-state index contributed by atoms with van der Waals surface area (Å²) in [6, 6.07) is 11.8. The van der Waals surface area contributed by atoms with Gasteiger partial charge in [0.2, 0.25) is 10.0 Å². The predicted octanol–water partition coefficient (Wildman–Crippen LogP) is 2.41. The SMILES string of the molecule is C[C@H](OC(=O)[C@H]1CCCN(C(=O)c2ccc(Cl)cc2)C1)C(=O)Nc1ccc(S(N)(=O)=O)cc1. The molecule has 1 saturated heterocycles. The Labute approximate surface area is 196 Å². The zero-order valence-electron chi connectivity index (χ0n) is 17.9. The average molecular weight is 494 g/mol. The van der Waals surface area contributed by atoms with Crippen molar-refractivity contribution in [3.8, 4) is 0 Å². The van der Waals surface area contributed by atoms with Crippen LogP contribution < -0.4 is 10.5 Å². The minimum atomic E-state index is -3.84. The van der Waals surface area contributed by atoms with Gasteiger partial charge in [0, 0.05) is 29.4 Å². The van der Waals surface area contributed by atoms with Gasteiger partial charge in [-0.1, -0.05) is 11.6 Å². The molecule has 1 fully saturated rings. The van der Waals surface area contributed by atoms with E-state index in [1.165, 1.54) is 31.2 Å². The summed E-state index contributed by atoms with van der Waals surface area (Å²) in [5.41, 5.74) is 0.808. The second-order valence-electron chi connectivity index (χ2n) is 7.73. The number of nitrogens with two attached hydrogens (primary N) is 1. The van der Waals surface area contributed by atoms with E-state index in [0.717, 1.165) is 0 Å². The fourth-order valence-corrected chi connectivity index (χ4v) is 4.07. The number of nitrogens with one attached hydrogen (secondary N) is 1. The number of hydrogen-bond donors (Lipinski definition) is 2. The first kappa shape index (κ1) is 24.7. The number of esters is 1. The van der Waals surface area contributed by atoms with Crippen LogP contribution in [0.3, 0.4) is 0 Å². The molecule has 3 N–H and O–H groups in total. The first-order chi connectivity index (χ1) is 15.5. The zero-order valence-corrected chi connectivity index (χ0v) is 19.4. The van der Waals surface area contributed by atoms with E-state index in [-0.39, 0.29) is 17.3 Å². The highest BCUT2D eigenvalue weighted by molar-refractivity contribution is 7.89. The van der Waals surface area contributed by atoms with Crippen LogP contribution in [-0.4, -0.2) is 50.3 Å². The van der Waals surface area contributed by atoms with Crippen LogP contribution in [0.5, 0.6) is 0 Å². The van der Waals surface area contributed by atoms with Gasteiger partial charge in [0.15, 0.2) is 6.10 Å². The van der Waals surface area contributed by atoms with Crippen molar-refractivity contribution in [3.05, 3.63) is 59.1 Å². The number of rotatable bonds is 6. The van der Waals surface area contributed by atoms with E-state index in [0.29, 0.717) is 35.7 Å². The fraction of sp³-hybridized carbons (Fsp3) is 0.318. The molecule has 2 aromatic carbocycles. The van der Waals surface area contributed by atoms with Crippen LogP contribution in [0.1, 0.15) is 30.1 Å². The summed E-state index contributed by atoms with van der Waals surface area (Å²) in [5.74, 6) is -1.87. The van der Waals surface area contributed by atoms with Gasteiger partial charge in [-0.15, -0.1) is 0 Å². The van der Waals surface area contributed by atoms with Crippen molar-refractivity contribution in [1.82, 2.24) is 4.90 Å². The lowest BCUT2D eigenvalue weighted by atomic mass is 9.97. The molecule has 1 aliphatic rings. The van der Waals surface area contributed by atoms with Gasteiger partial charge in [-0.2, -0.15) is 0 Å². The van der Waals surface area contributed by atoms with Crippen molar-refractivity contribution >= 4 is 45.1 Å². The van der Waals surface area contributed by atoms with Gasteiger partial charge in [-0.05, 0) is 68.3 Å². The lowest BCUT2D eigenvalue weighted by Crippen LogP contribution is -2.44. The third-order valence-corrected chi connectivity index (χ3v) is 6.43. The number of carbonyl (C=O) groups excluding carboxylic acids is 3. The first-order valence-corrected chi connectivity index (χ1v) is 12.2. The van der Waals surface area contributed by atoms with Gasteiger partial charge in [-0.3, -0.25) is 14.4 Å². The van der Waals surface area contributed by atoms with Gasteiger partial charge in [-0.25, -0.2) is 13.6 Å². The van der Waals surface area contributed by atoms with E-state index >= 15 is 0 Å². The van der Waals surface area contributed by atoms with Crippen LogP contribution in [0.25, 0.3) is 0 Å². The molecule has 176 valence electrons. The van der Waals surface area contributed by atoms with Crippen LogP contribution in [-0.2, 0) is 24.3 Å². The van der Waals surface area contributed by atoms with Crippen LogP contribution >= 0.6 is 11.6 Å².